The lowest BCUT2D eigenvalue weighted by molar-refractivity contribution is 0.185. The highest BCUT2D eigenvalue weighted by atomic mass is 16.5. The minimum Gasteiger partial charge on any atom is -0.381 e. The van der Waals surface area contributed by atoms with Crippen molar-refractivity contribution >= 4 is 16.6 Å². The third-order valence-corrected chi connectivity index (χ3v) is 3.41. The topological polar surface area (TPSA) is 37.0 Å². The van der Waals surface area contributed by atoms with Crippen molar-refractivity contribution in [3.63, 3.8) is 0 Å². The molecule has 0 saturated carbocycles. The van der Waals surface area contributed by atoms with Crippen LogP contribution < -0.4 is 5.32 Å². The van der Waals surface area contributed by atoms with Crippen molar-refractivity contribution in [1.82, 2.24) is 4.98 Å². The minimum atomic E-state index is 0.642. The molecule has 3 nitrogen and oxygen atoms in total. The fraction of sp³-hybridized carbons (Fsp3) is 0.176. The van der Waals surface area contributed by atoms with Crippen LogP contribution in [-0.4, -0.2) is 12.1 Å². The first-order valence-electron chi connectivity index (χ1n) is 6.73. The number of benzene rings is 2. The number of methoxy groups -OCH3 is 1. The second-order valence-electron chi connectivity index (χ2n) is 4.84. The Morgan fingerprint density at radius 3 is 2.90 bits per heavy atom. The fourth-order valence-electron chi connectivity index (χ4n) is 2.44. The number of H-pyrrole nitrogens is 1. The van der Waals surface area contributed by atoms with Crippen LogP contribution in [-0.2, 0) is 17.9 Å². The molecular formula is C17H18N2O. The van der Waals surface area contributed by atoms with Gasteiger partial charge in [0.2, 0.25) is 0 Å². The molecule has 0 amide bonds. The summed E-state index contributed by atoms with van der Waals surface area (Å²) in [5.74, 6) is 0. The number of fused-ring (bicyclic) bond motifs is 1. The first-order chi connectivity index (χ1) is 9.86. The van der Waals surface area contributed by atoms with Gasteiger partial charge in [0.15, 0.2) is 0 Å². The molecule has 0 unspecified atom stereocenters. The third kappa shape index (κ3) is 2.68. The van der Waals surface area contributed by atoms with Crippen LogP contribution in [0.4, 0.5) is 5.69 Å². The summed E-state index contributed by atoms with van der Waals surface area (Å²) in [4.78, 5) is 3.24. The smallest absolute Gasteiger partial charge is 0.0713 e. The molecule has 20 heavy (non-hydrogen) atoms. The third-order valence-electron chi connectivity index (χ3n) is 3.41. The van der Waals surface area contributed by atoms with Crippen molar-refractivity contribution in [3.05, 3.63) is 65.9 Å². The average Bonchev–Trinajstić information content (AvgIpc) is 2.95. The van der Waals surface area contributed by atoms with Crippen molar-refractivity contribution in [2.24, 2.45) is 0 Å². The van der Waals surface area contributed by atoms with Gasteiger partial charge in [-0.1, -0.05) is 24.3 Å². The molecule has 0 fully saturated rings. The van der Waals surface area contributed by atoms with E-state index in [0.29, 0.717) is 6.61 Å². The highest BCUT2D eigenvalue weighted by Crippen LogP contribution is 2.19. The van der Waals surface area contributed by atoms with E-state index in [-0.39, 0.29) is 0 Å². The van der Waals surface area contributed by atoms with Gasteiger partial charge < -0.3 is 15.0 Å². The molecule has 0 bridgehead atoms. The zero-order chi connectivity index (χ0) is 13.8. The number of rotatable bonds is 5. The van der Waals surface area contributed by atoms with Crippen molar-refractivity contribution < 1.29 is 4.74 Å². The highest BCUT2D eigenvalue weighted by Gasteiger charge is 2.02. The number of ether oxygens (including phenoxy) is 1. The number of hydrogen-bond acceptors (Lipinski definition) is 2. The molecule has 2 N–H and O–H groups in total. The van der Waals surface area contributed by atoms with E-state index in [1.807, 2.05) is 12.3 Å². The quantitative estimate of drug-likeness (QED) is 0.734. The summed E-state index contributed by atoms with van der Waals surface area (Å²) >= 11 is 0. The lowest BCUT2D eigenvalue weighted by Crippen LogP contribution is -2.00. The van der Waals surface area contributed by atoms with Crippen molar-refractivity contribution in [2.45, 2.75) is 13.2 Å². The van der Waals surface area contributed by atoms with E-state index in [1.54, 1.807) is 7.11 Å². The Kier molecular flexibility index (Phi) is 3.70. The van der Waals surface area contributed by atoms with E-state index in [0.717, 1.165) is 12.2 Å². The molecular weight excluding hydrogens is 248 g/mol. The van der Waals surface area contributed by atoms with Crippen LogP contribution in [0, 0.1) is 0 Å². The van der Waals surface area contributed by atoms with E-state index in [9.17, 15) is 0 Å². The SMILES string of the molecule is COCc1cccc(NCc2cccc3[nH]ccc23)c1. The number of hydrogen-bond donors (Lipinski definition) is 2. The van der Waals surface area contributed by atoms with Crippen LogP contribution in [0.1, 0.15) is 11.1 Å². The second-order valence-corrected chi connectivity index (χ2v) is 4.84. The Hall–Kier alpha value is -2.26. The number of aromatic amines is 1. The summed E-state index contributed by atoms with van der Waals surface area (Å²) in [6, 6.07) is 16.8. The molecule has 1 heterocycles. The van der Waals surface area contributed by atoms with E-state index in [4.69, 9.17) is 4.74 Å². The molecule has 0 radical (unpaired) electrons. The molecule has 3 rings (SSSR count). The summed E-state index contributed by atoms with van der Waals surface area (Å²) in [5, 5.41) is 4.74. The Bertz CT molecular complexity index is 703. The first kappa shape index (κ1) is 12.8. The van der Waals surface area contributed by atoms with Gasteiger partial charge in [-0.25, -0.2) is 0 Å². The molecule has 0 aliphatic carbocycles. The Morgan fingerprint density at radius 1 is 1.10 bits per heavy atom. The zero-order valence-corrected chi connectivity index (χ0v) is 11.5. The van der Waals surface area contributed by atoms with Gasteiger partial charge in [-0.3, -0.25) is 0 Å². The molecule has 0 aliphatic heterocycles. The highest BCUT2D eigenvalue weighted by molar-refractivity contribution is 5.83. The summed E-state index contributed by atoms with van der Waals surface area (Å²) in [7, 11) is 1.71. The summed E-state index contributed by atoms with van der Waals surface area (Å²) in [5.41, 5.74) is 4.77. The standard InChI is InChI=1S/C17H18N2O/c1-20-12-13-4-2-6-15(10-13)19-11-14-5-3-7-17-16(14)8-9-18-17/h2-10,18-19H,11-12H2,1H3. The molecule has 3 heteroatoms. The predicted molar refractivity (Wildman–Crippen MR) is 82.8 cm³/mol. The van der Waals surface area contributed by atoms with Gasteiger partial charge in [-0.2, -0.15) is 0 Å². The molecule has 102 valence electrons. The second kappa shape index (κ2) is 5.80. The van der Waals surface area contributed by atoms with Crippen LogP contribution in [0.2, 0.25) is 0 Å². The van der Waals surface area contributed by atoms with Gasteiger partial charge in [0.1, 0.15) is 0 Å². The van der Waals surface area contributed by atoms with Crippen molar-refractivity contribution in [1.29, 1.82) is 0 Å². The number of aromatic nitrogens is 1. The van der Waals surface area contributed by atoms with Gasteiger partial charge in [-0.15, -0.1) is 0 Å². The van der Waals surface area contributed by atoms with E-state index < -0.39 is 0 Å². The Labute approximate surface area is 118 Å². The molecule has 0 spiro atoms. The lowest BCUT2D eigenvalue weighted by Gasteiger charge is -2.09. The van der Waals surface area contributed by atoms with Gasteiger partial charge in [-0.05, 0) is 35.4 Å². The van der Waals surface area contributed by atoms with Gasteiger partial charge in [0.25, 0.3) is 0 Å². The van der Waals surface area contributed by atoms with E-state index in [1.165, 1.54) is 22.0 Å². The molecule has 0 aliphatic rings. The van der Waals surface area contributed by atoms with Crippen LogP contribution in [0.5, 0.6) is 0 Å². The zero-order valence-electron chi connectivity index (χ0n) is 11.5. The molecule has 2 aromatic carbocycles. The molecule has 0 saturated heterocycles. The van der Waals surface area contributed by atoms with Crippen molar-refractivity contribution in [3.8, 4) is 0 Å². The molecule has 1 aromatic heterocycles. The van der Waals surface area contributed by atoms with Crippen LogP contribution in [0.3, 0.4) is 0 Å². The number of anilines is 1. The first-order valence-corrected chi connectivity index (χ1v) is 6.73. The van der Waals surface area contributed by atoms with Crippen LogP contribution >= 0.6 is 0 Å². The average molecular weight is 266 g/mol. The van der Waals surface area contributed by atoms with E-state index in [2.05, 4.69) is 52.8 Å². The van der Waals surface area contributed by atoms with Gasteiger partial charge in [0, 0.05) is 36.4 Å². The van der Waals surface area contributed by atoms with Gasteiger partial charge in [0.05, 0.1) is 6.61 Å². The molecule has 3 aromatic rings. The maximum Gasteiger partial charge on any atom is 0.0713 e. The van der Waals surface area contributed by atoms with Gasteiger partial charge >= 0.3 is 0 Å². The maximum atomic E-state index is 5.16. The Balaban J connectivity index is 1.76. The summed E-state index contributed by atoms with van der Waals surface area (Å²) in [6.45, 7) is 1.45. The number of nitrogens with one attached hydrogen (secondary N) is 2. The summed E-state index contributed by atoms with van der Waals surface area (Å²) < 4.78 is 5.16. The minimum absolute atomic E-state index is 0.642. The lowest BCUT2D eigenvalue weighted by atomic mass is 10.1. The molecule has 0 atom stereocenters. The maximum absolute atomic E-state index is 5.16. The predicted octanol–water partition coefficient (Wildman–Crippen LogP) is 3.93. The monoisotopic (exact) mass is 266 g/mol. The largest absolute Gasteiger partial charge is 0.381 e. The van der Waals surface area contributed by atoms with Crippen molar-refractivity contribution in [2.75, 3.05) is 12.4 Å². The summed E-state index contributed by atoms with van der Waals surface area (Å²) in [6.07, 6.45) is 1.98. The van der Waals surface area contributed by atoms with Crippen LogP contribution in [0.15, 0.2) is 54.7 Å². The fourth-order valence-corrected chi connectivity index (χ4v) is 2.44. The van der Waals surface area contributed by atoms with Crippen LogP contribution in [0.25, 0.3) is 10.9 Å². The van der Waals surface area contributed by atoms with E-state index >= 15 is 0 Å². The normalized spacial score (nSPS) is 10.8. The Morgan fingerprint density at radius 2 is 2.00 bits per heavy atom.